The average molecular weight is 293 g/mol. The maximum absolute atomic E-state index is 12.4. The van der Waals surface area contributed by atoms with Crippen molar-refractivity contribution in [1.29, 1.82) is 0 Å². The second kappa shape index (κ2) is 6.59. The molecule has 8 heteroatoms. The average Bonchev–Trinajstić information content (AvgIpc) is 2.86. The van der Waals surface area contributed by atoms with Crippen molar-refractivity contribution in [1.82, 2.24) is 24.5 Å². The molecule has 0 aliphatic carbocycles. The fourth-order valence-electron chi connectivity index (χ4n) is 2.04. The van der Waals surface area contributed by atoms with Gasteiger partial charge >= 0.3 is 0 Å². The van der Waals surface area contributed by atoms with E-state index in [4.69, 9.17) is 9.84 Å². The SMILES string of the molecule is COCCN(CCO)C(=O)c1nc2nc(C)cc(C)n2n1. The first-order chi connectivity index (χ1) is 10.1. The van der Waals surface area contributed by atoms with Crippen LogP contribution in [0.5, 0.6) is 0 Å². The molecular formula is C13H19N5O3. The number of rotatable bonds is 6. The Labute approximate surface area is 122 Å². The zero-order chi connectivity index (χ0) is 15.4. The maximum atomic E-state index is 12.4. The van der Waals surface area contributed by atoms with Crippen LogP contribution in [0.1, 0.15) is 22.0 Å². The zero-order valence-corrected chi connectivity index (χ0v) is 12.4. The van der Waals surface area contributed by atoms with Crippen molar-refractivity contribution in [3.05, 3.63) is 23.3 Å². The molecule has 1 N–H and O–H groups in total. The standard InChI is InChI=1S/C13H19N5O3/c1-9-8-10(2)18-13(14-9)15-11(16-18)12(20)17(4-6-19)5-7-21-3/h8,19H,4-7H2,1-3H3. The van der Waals surface area contributed by atoms with Crippen molar-refractivity contribution in [2.24, 2.45) is 0 Å². The van der Waals surface area contributed by atoms with Crippen molar-refractivity contribution in [2.75, 3.05) is 33.4 Å². The highest BCUT2D eigenvalue weighted by Gasteiger charge is 2.21. The van der Waals surface area contributed by atoms with Gasteiger partial charge in [0.15, 0.2) is 0 Å². The highest BCUT2D eigenvalue weighted by atomic mass is 16.5. The number of aliphatic hydroxyl groups excluding tert-OH is 1. The molecule has 21 heavy (non-hydrogen) atoms. The lowest BCUT2D eigenvalue weighted by Crippen LogP contribution is -2.36. The first kappa shape index (κ1) is 15.3. The van der Waals surface area contributed by atoms with Gasteiger partial charge in [0, 0.05) is 31.6 Å². The summed E-state index contributed by atoms with van der Waals surface area (Å²) in [5.74, 6) is 0.121. The Morgan fingerprint density at radius 2 is 2.14 bits per heavy atom. The fraction of sp³-hybridized carbons (Fsp3) is 0.538. The predicted octanol–water partition coefficient (Wildman–Crippen LogP) is -0.178. The van der Waals surface area contributed by atoms with Crippen LogP contribution in [0.2, 0.25) is 0 Å². The van der Waals surface area contributed by atoms with Crippen LogP contribution in [0.4, 0.5) is 0 Å². The Morgan fingerprint density at radius 3 is 2.81 bits per heavy atom. The second-order valence-electron chi connectivity index (χ2n) is 4.69. The van der Waals surface area contributed by atoms with Crippen molar-refractivity contribution >= 4 is 11.7 Å². The number of hydrogen-bond acceptors (Lipinski definition) is 6. The van der Waals surface area contributed by atoms with Gasteiger partial charge in [0.2, 0.25) is 5.82 Å². The number of amides is 1. The fourth-order valence-corrected chi connectivity index (χ4v) is 2.04. The number of carbonyl (C=O) groups excluding carboxylic acids is 1. The lowest BCUT2D eigenvalue weighted by molar-refractivity contribution is 0.0645. The van der Waals surface area contributed by atoms with Gasteiger partial charge in [-0.25, -0.2) is 9.50 Å². The van der Waals surface area contributed by atoms with Gasteiger partial charge < -0.3 is 14.7 Å². The molecular weight excluding hydrogens is 274 g/mol. The number of aromatic nitrogens is 4. The first-order valence-corrected chi connectivity index (χ1v) is 6.67. The van der Waals surface area contributed by atoms with E-state index in [1.165, 1.54) is 9.42 Å². The van der Waals surface area contributed by atoms with Gasteiger partial charge in [-0.05, 0) is 19.9 Å². The molecule has 0 bridgehead atoms. The zero-order valence-electron chi connectivity index (χ0n) is 12.4. The number of fused-ring (bicyclic) bond motifs is 1. The summed E-state index contributed by atoms with van der Waals surface area (Å²) in [6.07, 6.45) is 0. The second-order valence-corrected chi connectivity index (χ2v) is 4.69. The molecule has 2 aromatic rings. The summed E-state index contributed by atoms with van der Waals surface area (Å²) in [5.41, 5.74) is 1.67. The molecule has 2 rings (SSSR count). The minimum Gasteiger partial charge on any atom is -0.395 e. The summed E-state index contributed by atoms with van der Waals surface area (Å²) in [6, 6.07) is 1.87. The van der Waals surface area contributed by atoms with Gasteiger partial charge in [0.05, 0.1) is 13.2 Å². The third-order valence-electron chi connectivity index (χ3n) is 3.03. The summed E-state index contributed by atoms with van der Waals surface area (Å²) < 4.78 is 6.50. The molecule has 0 saturated heterocycles. The molecule has 0 saturated carbocycles. The van der Waals surface area contributed by atoms with Crippen molar-refractivity contribution in [3.63, 3.8) is 0 Å². The molecule has 0 aromatic carbocycles. The molecule has 0 radical (unpaired) electrons. The summed E-state index contributed by atoms with van der Waals surface area (Å²) in [4.78, 5) is 22.3. The van der Waals surface area contributed by atoms with Crippen LogP contribution in [0.3, 0.4) is 0 Å². The normalized spacial score (nSPS) is 11.0. The van der Waals surface area contributed by atoms with Crippen LogP contribution in [0.25, 0.3) is 5.78 Å². The monoisotopic (exact) mass is 293 g/mol. The molecule has 2 aromatic heterocycles. The molecule has 0 atom stereocenters. The molecule has 0 spiro atoms. The molecule has 0 fully saturated rings. The molecule has 8 nitrogen and oxygen atoms in total. The van der Waals surface area contributed by atoms with Gasteiger partial charge in [-0.2, -0.15) is 4.98 Å². The van der Waals surface area contributed by atoms with Crippen molar-refractivity contribution in [3.8, 4) is 0 Å². The third-order valence-corrected chi connectivity index (χ3v) is 3.03. The Kier molecular flexibility index (Phi) is 4.81. The van der Waals surface area contributed by atoms with E-state index in [0.717, 1.165) is 11.4 Å². The number of nitrogens with zero attached hydrogens (tertiary/aromatic N) is 5. The smallest absolute Gasteiger partial charge is 0.293 e. The summed E-state index contributed by atoms with van der Waals surface area (Å²) in [5, 5.41) is 13.3. The topological polar surface area (TPSA) is 92.9 Å². The molecule has 0 aliphatic rings. The van der Waals surface area contributed by atoms with E-state index < -0.39 is 0 Å². The van der Waals surface area contributed by atoms with E-state index in [1.807, 2.05) is 19.9 Å². The Bertz CT molecular complexity index is 640. The van der Waals surface area contributed by atoms with E-state index in [-0.39, 0.29) is 24.9 Å². The number of methoxy groups -OCH3 is 1. The Morgan fingerprint density at radius 1 is 1.38 bits per heavy atom. The van der Waals surface area contributed by atoms with E-state index >= 15 is 0 Å². The Balaban J connectivity index is 2.31. The summed E-state index contributed by atoms with van der Waals surface area (Å²) in [7, 11) is 1.56. The van der Waals surface area contributed by atoms with Gasteiger partial charge in [-0.1, -0.05) is 0 Å². The highest BCUT2D eigenvalue weighted by Crippen LogP contribution is 2.07. The van der Waals surface area contributed by atoms with Crippen molar-refractivity contribution < 1.29 is 14.6 Å². The molecule has 114 valence electrons. The lowest BCUT2D eigenvalue weighted by Gasteiger charge is -2.19. The number of aryl methyl sites for hydroxylation is 2. The highest BCUT2D eigenvalue weighted by molar-refractivity contribution is 5.90. The number of carbonyl (C=O) groups is 1. The third kappa shape index (κ3) is 3.34. The minimum atomic E-state index is -0.344. The Hall–Kier alpha value is -2.06. The molecule has 0 unspecified atom stereocenters. The predicted molar refractivity (Wildman–Crippen MR) is 75.1 cm³/mol. The quantitative estimate of drug-likeness (QED) is 0.794. The van der Waals surface area contributed by atoms with E-state index in [2.05, 4.69) is 15.1 Å². The van der Waals surface area contributed by atoms with Crippen LogP contribution in [-0.4, -0.2) is 68.9 Å². The van der Waals surface area contributed by atoms with Crippen LogP contribution in [-0.2, 0) is 4.74 Å². The maximum Gasteiger partial charge on any atom is 0.293 e. The van der Waals surface area contributed by atoms with Gasteiger partial charge in [0.25, 0.3) is 11.7 Å². The number of ether oxygens (including phenoxy) is 1. The van der Waals surface area contributed by atoms with E-state index in [1.54, 1.807) is 7.11 Å². The van der Waals surface area contributed by atoms with Gasteiger partial charge in [-0.15, -0.1) is 5.10 Å². The summed E-state index contributed by atoms with van der Waals surface area (Å²) >= 11 is 0. The molecule has 2 heterocycles. The van der Waals surface area contributed by atoms with E-state index in [9.17, 15) is 4.79 Å². The first-order valence-electron chi connectivity index (χ1n) is 6.67. The van der Waals surface area contributed by atoms with Gasteiger partial charge in [0.1, 0.15) is 0 Å². The van der Waals surface area contributed by atoms with Crippen LogP contribution in [0, 0.1) is 13.8 Å². The van der Waals surface area contributed by atoms with Gasteiger partial charge in [-0.3, -0.25) is 4.79 Å². The van der Waals surface area contributed by atoms with Crippen LogP contribution >= 0.6 is 0 Å². The number of hydrogen-bond donors (Lipinski definition) is 1. The summed E-state index contributed by atoms with van der Waals surface area (Å²) in [6.45, 7) is 4.58. The van der Waals surface area contributed by atoms with Crippen molar-refractivity contribution in [2.45, 2.75) is 13.8 Å². The minimum absolute atomic E-state index is 0.0701. The molecule has 0 aliphatic heterocycles. The van der Waals surface area contributed by atoms with Crippen LogP contribution in [0.15, 0.2) is 6.07 Å². The largest absolute Gasteiger partial charge is 0.395 e. The molecule has 1 amide bonds. The van der Waals surface area contributed by atoms with Crippen LogP contribution < -0.4 is 0 Å². The number of aliphatic hydroxyl groups is 1. The van der Waals surface area contributed by atoms with E-state index in [0.29, 0.717) is 18.9 Å². The lowest BCUT2D eigenvalue weighted by atomic mass is 10.4.